The van der Waals surface area contributed by atoms with E-state index in [-0.39, 0.29) is 0 Å². The highest BCUT2D eigenvalue weighted by molar-refractivity contribution is 5.57. The molecule has 3 rings (SSSR count). The summed E-state index contributed by atoms with van der Waals surface area (Å²) in [6.45, 7) is 1.65. The summed E-state index contributed by atoms with van der Waals surface area (Å²) >= 11 is 0. The second kappa shape index (κ2) is 5.45. The molecule has 0 aliphatic carbocycles. The van der Waals surface area contributed by atoms with Gasteiger partial charge in [-0.15, -0.1) is 0 Å². The van der Waals surface area contributed by atoms with Crippen molar-refractivity contribution in [2.75, 3.05) is 30.9 Å². The van der Waals surface area contributed by atoms with Crippen LogP contribution in [0.4, 0.5) is 11.4 Å². The molecule has 1 aliphatic rings. The molecule has 0 bridgehead atoms. The van der Waals surface area contributed by atoms with Gasteiger partial charge < -0.3 is 15.0 Å². The van der Waals surface area contributed by atoms with E-state index in [9.17, 15) is 0 Å². The first-order valence-corrected chi connectivity index (χ1v) is 6.98. The average molecular weight is 268 g/mol. The van der Waals surface area contributed by atoms with E-state index in [1.807, 2.05) is 0 Å². The molecule has 0 spiro atoms. The van der Waals surface area contributed by atoms with Crippen molar-refractivity contribution in [3.05, 3.63) is 53.6 Å². The predicted molar refractivity (Wildman–Crippen MR) is 83.7 cm³/mol. The van der Waals surface area contributed by atoms with Crippen molar-refractivity contribution < 1.29 is 4.74 Å². The van der Waals surface area contributed by atoms with Gasteiger partial charge in [0.2, 0.25) is 0 Å². The SMILES string of the molecule is CN(C)c1cccc(NCc2ccc3c(c2)CCO3)c1. The van der Waals surface area contributed by atoms with Crippen LogP contribution < -0.4 is 15.0 Å². The predicted octanol–water partition coefficient (Wildman–Crippen LogP) is 3.30. The summed E-state index contributed by atoms with van der Waals surface area (Å²) in [5.41, 5.74) is 4.97. The van der Waals surface area contributed by atoms with Crippen molar-refractivity contribution in [2.45, 2.75) is 13.0 Å². The Morgan fingerprint density at radius 1 is 1.15 bits per heavy atom. The lowest BCUT2D eigenvalue weighted by atomic mass is 10.1. The molecule has 0 aromatic heterocycles. The van der Waals surface area contributed by atoms with Crippen LogP contribution in [0.15, 0.2) is 42.5 Å². The molecular weight excluding hydrogens is 248 g/mol. The van der Waals surface area contributed by atoms with E-state index in [2.05, 4.69) is 66.8 Å². The molecule has 1 heterocycles. The third-order valence-electron chi connectivity index (χ3n) is 3.61. The van der Waals surface area contributed by atoms with Gasteiger partial charge in [-0.25, -0.2) is 0 Å². The maximum atomic E-state index is 5.53. The normalized spacial score (nSPS) is 12.7. The van der Waals surface area contributed by atoms with E-state index in [0.717, 1.165) is 31.0 Å². The Morgan fingerprint density at radius 3 is 2.90 bits per heavy atom. The minimum Gasteiger partial charge on any atom is -0.493 e. The summed E-state index contributed by atoms with van der Waals surface area (Å²) in [5.74, 6) is 1.04. The Balaban J connectivity index is 1.69. The van der Waals surface area contributed by atoms with Crippen molar-refractivity contribution in [1.29, 1.82) is 0 Å². The van der Waals surface area contributed by atoms with Crippen molar-refractivity contribution in [3.8, 4) is 5.75 Å². The highest BCUT2D eigenvalue weighted by Crippen LogP contribution is 2.26. The van der Waals surface area contributed by atoms with Crippen LogP contribution in [0.5, 0.6) is 5.75 Å². The fourth-order valence-electron chi connectivity index (χ4n) is 2.45. The van der Waals surface area contributed by atoms with E-state index < -0.39 is 0 Å². The van der Waals surface area contributed by atoms with Crippen LogP contribution >= 0.6 is 0 Å². The van der Waals surface area contributed by atoms with E-state index in [4.69, 9.17) is 4.74 Å². The second-order valence-electron chi connectivity index (χ2n) is 5.34. The van der Waals surface area contributed by atoms with Gasteiger partial charge in [0.25, 0.3) is 0 Å². The first kappa shape index (κ1) is 12.9. The maximum absolute atomic E-state index is 5.53. The summed E-state index contributed by atoms with van der Waals surface area (Å²) in [5, 5.41) is 3.48. The molecule has 3 nitrogen and oxygen atoms in total. The van der Waals surface area contributed by atoms with E-state index >= 15 is 0 Å². The number of nitrogens with zero attached hydrogens (tertiary/aromatic N) is 1. The number of nitrogens with one attached hydrogen (secondary N) is 1. The van der Waals surface area contributed by atoms with Gasteiger partial charge in [0.1, 0.15) is 5.75 Å². The zero-order valence-corrected chi connectivity index (χ0v) is 12.0. The Kier molecular flexibility index (Phi) is 3.50. The van der Waals surface area contributed by atoms with Gasteiger partial charge in [-0.1, -0.05) is 18.2 Å². The molecule has 0 saturated carbocycles. The van der Waals surface area contributed by atoms with Gasteiger partial charge in [-0.2, -0.15) is 0 Å². The van der Waals surface area contributed by atoms with Gasteiger partial charge in [0, 0.05) is 38.4 Å². The van der Waals surface area contributed by atoms with Crippen LogP contribution in [-0.2, 0) is 13.0 Å². The number of hydrogen-bond donors (Lipinski definition) is 1. The zero-order chi connectivity index (χ0) is 13.9. The summed E-state index contributed by atoms with van der Waals surface area (Å²) < 4.78 is 5.53. The quantitative estimate of drug-likeness (QED) is 0.920. The molecule has 0 fully saturated rings. The third kappa shape index (κ3) is 2.72. The molecule has 2 aromatic rings. The summed E-state index contributed by atoms with van der Waals surface area (Å²) in [6, 6.07) is 14.9. The van der Waals surface area contributed by atoms with Gasteiger partial charge in [0.05, 0.1) is 6.61 Å². The fourth-order valence-corrected chi connectivity index (χ4v) is 2.45. The van der Waals surface area contributed by atoms with Gasteiger partial charge in [-0.3, -0.25) is 0 Å². The first-order valence-electron chi connectivity index (χ1n) is 6.98. The number of fused-ring (bicyclic) bond motifs is 1. The highest BCUT2D eigenvalue weighted by atomic mass is 16.5. The van der Waals surface area contributed by atoms with Crippen LogP contribution in [0.1, 0.15) is 11.1 Å². The van der Waals surface area contributed by atoms with Crippen molar-refractivity contribution in [3.63, 3.8) is 0 Å². The van der Waals surface area contributed by atoms with Crippen molar-refractivity contribution >= 4 is 11.4 Å². The number of anilines is 2. The van der Waals surface area contributed by atoms with Crippen LogP contribution in [-0.4, -0.2) is 20.7 Å². The molecule has 20 heavy (non-hydrogen) atoms. The third-order valence-corrected chi connectivity index (χ3v) is 3.61. The molecule has 2 aromatic carbocycles. The Labute approximate surface area is 120 Å². The lowest BCUT2D eigenvalue weighted by molar-refractivity contribution is 0.357. The van der Waals surface area contributed by atoms with E-state index in [1.54, 1.807) is 0 Å². The number of ether oxygens (including phenoxy) is 1. The van der Waals surface area contributed by atoms with E-state index in [0.29, 0.717) is 0 Å². The van der Waals surface area contributed by atoms with Gasteiger partial charge >= 0.3 is 0 Å². The molecule has 0 unspecified atom stereocenters. The summed E-state index contributed by atoms with van der Waals surface area (Å²) in [4.78, 5) is 2.11. The molecule has 1 N–H and O–H groups in total. The van der Waals surface area contributed by atoms with Crippen LogP contribution in [0.25, 0.3) is 0 Å². The topological polar surface area (TPSA) is 24.5 Å². The minimum atomic E-state index is 0.817. The monoisotopic (exact) mass is 268 g/mol. The van der Waals surface area contributed by atoms with Gasteiger partial charge in [0.15, 0.2) is 0 Å². The lowest BCUT2D eigenvalue weighted by Gasteiger charge is -2.14. The largest absolute Gasteiger partial charge is 0.493 e. The molecule has 104 valence electrons. The molecule has 1 aliphatic heterocycles. The van der Waals surface area contributed by atoms with E-state index in [1.165, 1.54) is 16.8 Å². The molecule has 3 heteroatoms. The van der Waals surface area contributed by atoms with Crippen molar-refractivity contribution in [1.82, 2.24) is 0 Å². The molecule has 0 amide bonds. The van der Waals surface area contributed by atoms with Crippen LogP contribution in [0.3, 0.4) is 0 Å². The molecule has 0 radical (unpaired) electrons. The Morgan fingerprint density at radius 2 is 2.05 bits per heavy atom. The van der Waals surface area contributed by atoms with Crippen LogP contribution in [0.2, 0.25) is 0 Å². The van der Waals surface area contributed by atoms with Gasteiger partial charge in [-0.05, 0) is 35.4 Å². The molecular formula is C17H20N2O. The average Bonchev–Trinajstić information content (AvgIpc) is 2.93. The van der Waals surface area contributed by atoms with Crippen molar-refractivity contribution in [2.24, 2.45) is 0 Å². The first-order chi connectivity index (χ1) is 9.72. The summed E-state index contributed by atoms with van der Waals surface area (Å²) in [7, 11) is 4.11. The smallest absolute Gasteiger partial charge is 0.122 e. The number of hydrogen-bond acceptors (Lipinski definition) is 3. The minimum absolute atomic E-state index is 0.817. The Hall–Kier alpha value is -2.16. The fraction of sp³-hybridized carbons (Fsp3) is 0.294. The second-order valence-corrected chi connectivity index (χ2v) is 5.34. The lowest BCUT2D eigenvalue weighted by Crippen LogP contribution is -2.09. The number of benzene rings is 2. The Bertz CT molecular complexity index is 608. The summed E-state index contributed by atoms with van der Waals surface area (Å²) in [6.07, 6.45) is 1.03. The molecule has 0 atom stereocenters. The zero-order valence-electron chi connectivity index (χ0n) is 12.0. The number of rotatable bonds is 4. The molecule has 0 saturated heterocycles. The van der Waals surface area contributed by atoms with Crippen LogP contribution in [0, 0.1) is 0 Å². The highest BCUT2D eigenvalue weighted by Gasteiger charge is 2.11. The maximum Gasteiger partial charge on any atom is 0.122 e. The standard InChI is InChI=1S/C17H20N2O/c1-19(2)16-5-3-4-15(11-16)18-12-13-6-7-17-14(10-13)8-9-20-17/h3-7,10-11,18H,8-9,12H2,1-2H3.